The van der Waals surface area contributed by atoms with E-state index in [0.29, 0.717) is 70.9 Å². The van der Waals surface area contributed by atoms with Crippen molar-refractivity contribution in [2.45, 2.75) is 291 Å². The Bertz CT molecular complexity index is 2610. The molecule has 0 aliphatic carbocycles. The molecule has 0 aromatic heterocycles. The summed E-state index contributed by atoms with van der Waals surface area (Å²) in [6.45, 7) is 25.3. The average molecular weight is 1470 g/mol. The molecule has 0 aliphatic heterocycles. The lowest BCUT2D eigenvalue weighted by Crippen LogP contribution is -2.61. The fraction of sp³-hybridized carbons (Fsp3) is 0.817. The van der Waals surface area contributed by atoms with Gasteiger partial charge in [0.05, 0.1) is 19.2 Å². The van der Waals surface area contributed by atoms with Crippen molar-refractivity contribution in [1.82, 2.24) is 63.8 Å². The van der Waals surface area contributed by atoms with E-state index in [1.165, 1.54) is 0 Å². The van der Waals surface area contributed by atoms with Gasteiger partial charge in [-0.25, -0.2) is 0 Å². The van der Waals surface area contributed by atoms with E-state index in [0.717, 1.165) is 0 Å². The highest BCUT2D eigenvalue weighted by molar-refractivity contribution is 5.99. The summed E-state index contributed by atoms with van der Waals surface area (Å²) in [7, 11) is 0. The molecule has 0 rings (SSSR count). The number of unbranched alkanes of at least 4 members (excludes halogenated alkanes) is 4. The van der Waals surface area contributed by atoms with Crippen molar-refractivity contribution in [3.63, 3.8) is 0 Å². The maximum absolute atomic E-state index is 14.4. The fourth-order valence-corrected chi connectivity index (χ4v) is 11.4. The van der Waals surface area contributed by atoms with Crippen molar-refractivity contribution in [3.05, 3.63) is 0 Å². The molecule has 0 spiro atoms. The molecule has 0 unspecified atom stereocenters. The molecule has 0 fully saturated rings. The number of carbonyl (C=O) groups excluding carboxylic acids is 13. The topological polar surface area (TPSA) is 543 Å². The number of nitrogens with two attached hydrogens (primary N) is 6. The van der Waals surface area contributed by atoms with Crippen molar-refractivity contribution >= 4 is 76.8 Å². The fourth-order valence-electron chi connectivity index (χ4n) is 11.4. The van der Waals surface area contributed by atoms with Gasteiger partial charge in [0, 0.05) is 0 Å². The summed E-state index contributed by atoms with van der Waals surface area (Å²) in [5.74, 6) is -10.6. The van der Waals surface area contributed by atoms with Crippen molar-refractivity contribution in [1.29, 1.82) is 0 Å². The van der Waals surface area contributed by atoms with E-state index in [9.17, 15) is 67.4 Å². The summed E-state index contributed by atoms with van der Waals surface area (Å²) >= 11 is 0. The molecule has 13 amide bonds. The Kier molecular flexibility index (Phi) is 49.1. The molecular weight excluding hydrogens is 1330 g/mol. The molecule has 12 atom stereocenters. The number of hydrogen-bond donors (Lipinski definition) is 19. The monoisotopic (exact) mass is 1470 g/mol. The minimum Gasteiger partial charge on any atom is -0.394 e. The van der Waals surface area contributed by atoms with Gasteiger partial charge in [-0.15, -0.1) is 0 Å². The van der Waals surface area contributed by atoms with Crippen LogP contribution in [0.2, 0.25) is 0 Å². The van der Waals surface area contributed by atoms with Crippen LogP contribution in [0.25, 0.3) is 0 Å². The predicted octanol–water partition coefficient (Wildman–Crippen LogP) is -0.921. The molecule has 0 radical (unpaired) electrons. The Hall–Kier alpha value is -7.13. The molecular formula is C71H136N18O14. The van der Waals surface area contributed by atoms with Crippen molar-refractivity contribution < 1.29 is 67.4 Å². The van der Waals surface area contributed by atoms with Crippen LogP contribution in [0.1, 0.15) is 219 Å². The van der Waals surface area contributed by atoms with Gasteiger partial charge in [0.2, 0.25) is 76.8 Å². The molecule has 32 nitrogen and oxygen atoms in total. The zero-order chi connectivity index (χ0) is 78.6. The third-order valence-corrected chi connectivity index (χ3v) is 16.7. The molecule has 0 aromatic rings. The zero-order valence-corrected chi connectivity index (χ0v) is 64.4. The normalized spacial score (nSPS) is 15.1. The van der Waals surface area contributed by atoms with Crippen LogP contribution in [0.5, 0.6) is 0 Å². The minimum atomic E-state index is -1.67. The number of carbonyl (C=O) groups is 13. The largest absolute Gasteiger partial charge is 0.394 e. The Morgan fingerprint density at radius 3 is 0.748 bits per heavy atom. The maximum Gasteiger partial charge on any atom is 0.245 e. The van der Waals surface area contributed by atoms with Gasteiger partial charge >= 0.3 is 0 Å². The highest BCUT2D eigenvalue weighted by Gasteiger charge is 2.37. The van der Waals surface area contributed by atoms with Gasteiger partial charge in [0.25, 0.3) is 0 Å². The van der Waals surface area contributed by atoms with E-state index in [1.54, 1.807) is 41.5 Å². The second-order valence-corrected chi connectivity index (χ2v) is 30.2. The molecule has 0 saturated heterocycles. The number of primary amides is 1. The average Bonchev–Trinajstić information content (AvgIpc) is 0.865. The Balaban J connectivity index is 6.73. The number of hydrogen-bond acceptors (Lipinski definition) is 19. The molecule has 103 heavy (non-hydrogen) atoms. The first-order chi connectivity index (χ1) is 48.3. The molecule has 0 heterocycles. The lowest BCUT2D eigenvalue weighted by atomic mass is 9.99. The zero-order valence-electron chi connectivity index (χ0n) is 64.4. The Morgan fingerprint density at radius 1 is 0.272 bits per heavy atom. The SMILES string of the molecule is CC(C)C[C@H](NC(=O)[C@H](CC(C)C)NC(=O)[C@H](CCCCN)NC(=O)[C@H](CO)NC(=O)[C@H](CC(C)C)NC(=O)[C@H](CC(C)C)NC(=O)[C@H](CCCCN)NC(=O)[C@@H](N)CC(C)C)C(=O)NCC(=O)N[C@@H](CCCCN)C(=O)N[C@@H](CC(C)C)C(=O)N[C@@H](CC(C)C)C(=O)N[C@@H](CCCCN)C(N)=O. The van der Waals surface area contributed by atoms with Crippen molar-refractivity contribution in [2.75, 3.05) is 39.3 Å². The molecule has 0 saturated carbocycles. The maximum atomic E-state index is 14.4. The van der Waals surface area contributed by atoms with Crippen LogP contribution in [-0.4, -0.2) is 194 Å². The van der Waals surface area contributed by atoms with Crippen LogP contribution in [0.4, 0.5) is 0 Å². The third-order valence-electron chi connectivity index (χ3n) is 16.7. The van der Waals surface area contributed by atoms with Gasteiger partial charge in [-0.2, -0.15) is 0 Å². The quantitative estimate of drug-likeness (QED) is 0.0327. The van der Waals surface area contributed by atoms with Crippen molar-refractivity contribution in [3.8, 4) is 0 Å². The second-order valence-electron chi connectivity index (χ2n) is 30.2. The summed E-state index contributed by atoms with van der Waals surface area (Å²) in [6, 6.07) is -14.5. The van der Waals surface area contributed by atoms with Crippen LogP contribution < -0.4 is 98.2 Å². The van der Waals surface area contributed by atoms with Crippen LogP contribution in [0.3, 0.4) is 0 Å². The first-order valence-electron chi connectivity index (χ1n) is 37.4. The highest BCUT2D eigenvalue weighted by Crippen LogP contribution is 2.16. The summed E-state index contributed by atoms with van der Waals surface area (Å²) in [4.78, 5) is 180. The van der Waals surface area contributed by atoms with Crippen molar-refractivity contribution in [2.24, 2.45) is 75.8 Å². The van der Waals surface area contributed by atoms with Gasteiger partial charge in [0.15, 0.2) is 0 Å². The molecule has 594 valence electrons. The van der Waals surface area contributed by atoms with Gasteiger partial charge < -0.3 is 103 Å². The van der Waals surface area contributed by atoms with E-state index >= 15 is 0 Å². The van der Waals surface area contributed by atoms with E-state index in [-0.39, 0.29) is 119 Å². The lowest BCUT2D eigenvalue weighted by molar-refractivity contribution is -0.136. The summed E-state index contributed by atoms with van der Waals surface area (Å²) in [6.07, 6.45) is 5.32. The Morgan fingerprint density at radius 2 is 0.485 bits per heavy atom. The first-order valence-corrected chi connectivity index (χ1v) is 37.4. The molecule has 25 N–H and O–H groups in total. The van der Waals surface area contributed by atoms with E-state index in [1.807, 2.05) is 55.4 Å². The second kappa shape index (κ2) is 52.8. The molecule has 0 aromatic carbocycles. The van der Waals surface area contributed by atoms with Crippen LogP contribution in [0.15, 0.2) is 0 Å². The smallest absolute Gasteiger partial charge is 0.245 e. The van der Waals surface area contributed by atoms with Gasteiger partial charge in [0.1, 0.15) is 66.5 Å². The number of aliphatic hydroxyl groups excluding tert-OH is 1. The minimum absolute atomic E-state index is 0.00508. The van der Waals surface area contributed by atoms with Crippen LogP contribution >= 0.6 is 0 Å². The van der Waals surface area contributed by atoms with Crippen LogP contribution in [0, 0.1) is 41.4 Å². The number of nitrogens with one attached hydrogen (secondary N) is 12. The van der Waals surface area contributed by atoms with E-state index < -0.39 is 162 Å². The number of amides is 13. The number of rotatable bonds is 56. The van der Waals surface area contributed by atoms with E-state index in [4.69, 9.17) is 34.4 Å². The molecule has 0 aliphatic rings. The van der Waals surface area contributed by atoms with E-state index in [2.05, 4.69) is 63.8 Å². The lowest BCUT2D eigenvalue weighted by Gasteiger charge is -2.29. The standard InChI is InChI=1S/C71H136N18O14/c1-40(2)31-47(76)61(93)81-50(25-17-21-29-74)64(96)85-56(36-45(11)12)69(101)88-57(37-46(13)14)70(102)89-58(39-90)71(103)82-51(26-18-22-30-75)65(97)86-54(34-43(7)8)67(99)83-52(32-41(3)4)62(94)78-38-59(91)79-49(24-16-20-28-73)63(95)84-55(35-44(9)10)68(100)87-53(33-42(5)6)66(98)80-48(60(77)92)23-15-19-27-72/h40-58,90H,15-39,72-76H2,1-14H3,(H2,77,92)(H,78,94)(H,79,91)(H,80,98)(H,81,93)(H,82,103)(H,83,99)(H,84,95)(H,85,96)(H,86,97)(H,87,100)(H,88,101)(H,89,102)/t47-,48-,49-,50-,51-,52-,53-,54-,55-,56-,57-,58-/m0/s1. The number of aliphatic hydroxyl groups is 1. The Labute approximate surface area is 612 Å². The summed E-state index contributed by atoms with van der Waals surface area (Å²) in [5, 5.41) is 42.8. The van der Waals surface area contributed by atoms with Gasteiger partial charge in [-0.05, 0) is 190 Å². The van der Waals surface area contributed by atoms with Crippen LogP contribution in [-0.2, 0) is 62.3 Å². The third kappa shape index (κ3) is 41.8. The summed E-state index contributed by atoms with van der Waals surface area (Å²) < 4.78 is 0. The summed E-state index contributed by atoms with van der Waals surface area (Å²) in [5.41, 5.74) is 34.7. The first kappa shape index (κ1) is 95.9. The van der Waals surface area contributed by atoms with Gasteiger partial charge in [-0.3, -0.25) is 62.3 Å². The molecule has 0 bridgehead atoms. The van der Waals surface area contributed by atoms with Gasteiger partial charge in [-0.1, -0.05) is 96.9 Å². The predicted molar refractivity (Wildman–Crippen MR) is 396 cm³/mol. The molecule has 32 heteroatoms. The highest BCUT2D eigenvalue weighted by atomic mass is 16.3.